The Bertz CT molecular complexity index is 1080. The predicted octanol–water partition coefficient (Wildman–Crippen LogP) is 5.19. The van der Waals surface area contributed by atoms with Crippen LogP contribution in [0.3, 0.4) is 0 Å². The quantitative estimate of drug-likeness (QED) is 0.554. The van der Waals surface area contributed by atoms with E-state index in [0.29, 0.717) is 22.7 Å². The second-order valence-corrected chi connectivity index (χ2v) is 6.19. The van der Waals surface area contributed by atoms with Crippen LogP contribution in [0.1, 0.15) is 22.8 Å². The van der Waals surface area contributed by atoms with Crippen LogP contribution in [-0.2, 0) is 10.9 Å². The van der Waals surface area contributed by atoms with Crippen molar-refractivity contribution in [1.29, 1.82) is 0 Å². The fraction of sp³-hybridized carbons (Fsp3) is 0.238. The van der Waals surface area contributed by atoms with E-state index in [9.17, 15) is 18.0 Å². The van der Waals surface area contributed by atoms with Gasteiger partial charge in [0.05, 0.1) is 37.6 Å². The van der Waals surface area contributed by atoms with Crippen LogP contribution in [-0.4, -0.2) is 31.8 Å². The molecule has 9 heteroatoms. The second-order valence-electron chi connectivity index (χ2n) is 6.19. The molecule has 3 aromatic rings. The molecule has 0 atom stereocenters. The first-order valence-corrected chi connectivity index (χ1v) is 8.94. The summed E-state index contributed by atoms with van der Waals surface area (Å²) in [5, 5.41) is 3.15. The number of alkyl halides is 3. The summed E-state index contributed by atoms with van der Waals surface area (Å²) in [6, 6.07) is 8.04. The summed E-state index contributed by atoms with van der Waals surface area (Å²) in [5.74, 6) is 0.189. The summed E-state index contributed by atoms with van der Waals surface area (Å²) < 4.78 is 55.3. The topological polar surface area (TPSA) is 69.7 Å². The SMILES string of the molecule is CCOC(=O)c1cnc2ccc(C(F)(F)F)cc2c1Nc1ccc(OC)c(OC)c1. The zero-order valence-corrected chi connectivity index (χ0v) is 16.5. The molecule has 0 fully saturated rings. The van der Waals surface area contributed by atoms with Crippen molar-refractivity contribution in [3.8, 4) is 11.5 Å². The number of anilines is 2. The van der Waals surface area contributed by atoms with Gasteiger partial charge in [-0.1, -0.05) is 0 Å². The highest BCUT2D eigenvalue weighted by molar-refractivity contribution is 6.06. The standard InChI is InChI=1S/C21H19F3N2O4/c1-4-30-20(27)15-11-25-16-7-5-12(21(22,23)24)9-14(16)19(15)26-13-6-8-17(28-2)18(10-13)29-3/h5-11H,4H2,1-3H3,(H,25,26). The Morgan fingerprint density at radius 1 is 1.07 bits per heavy atom. The highest BCUT2D eigenvalue weighted by atomic mass is 19.4. The largest absolute Gasteiger partial charge is 0.493 e. The summed E-state index contributed by atoms with van der Waals surface area (Å²) in [6.07, 6.45) is -3.27. The molecule has 1 aromatic heterocycles. The normalized spacial score (nSPS) is 11.3. The van der Waals surface area contributed by atoms with E-state index in [4.69, 9.17) is 14.2 Å². The van der Waals surface area contributed by atoms with Gasteiger partial charge in [0.2, 0.25) is 0 Å². The van der Waals surface area contributed by atoms with Crippen molar-refractivity contribution < 1.29 is 32.2 Å². The Hall–Kier alpha value is -3.49. The number of rotatable bonds is 6. The molecular formula is C21H19F3N2O4. The van der Waals surface area contributed by atoms with Gasteiger partial charge in [-0.2, -0.15) is 13.2 Å². The van der Waals surface area contributed by atoms with Crippen LogP contribution < -0.4 is 14.8 Å². The lowest BCUT2D eigenvalue weighted by atomic mass is 10.1. The number of halogens is 3. The highest BCUT2D eigenvalue weighted by Crippen LogP contribution is 2.37. The molecule has 3 rings (SSSR count). The van der Waals surface area contributed by atoms with Gasteiger partial charge in [-0.15, -0.1) is 0 Å². The molecular weight excluding hydrogens is 401 g/mol. The predicted molar refractivity (Wildman–Crippen MR) is 106 cm³/mol. The lowest BCUT2D eigenvalue weighted by Crippen LogP contribution is -2.10. The Morgan fingerprint density at radius 3 is 2.43 bits per heavy atom. The van der Waals surface area contributed by atoms with Gasteiger partial charge < -0.3 is 19.5 Å². The van der Waals surface area contributed by atoms with E-state index < -0.39 is 17.7 Å². The maximum atomic E-state index is 13.3. The fourth-order valence-electron chi connectivity index (χ4n) is 2.93. The molecule has 1 N–H and O–H groups in total. The number of benzene rings is 2. The van der Waals surface area contributed by atoms with Crippen LogP contribution in [0.2, 0.25) is 0 Å². The highest BCUT2D eigenvalue weighted by Gasteiger charge is 2.31. The van der Waals surface area contributed by atoms with Gasteiger partial charge in [0.25, 0.3) is 0 Å². The van der Waals surface area contributed by atoms with Crippen molar-refractivity contribution in [1.82, 2.24) is 4.98 Å². The zero-order chi connectivity index (χ0) is 21.9. The number of ether oxygens (including phenoxy) is 3. The number of esters is 1. The average Bonchev–Trinajstić information content (AvgIpc) is 2.72. The molecule has 30 heavy (non-hydrogen) atoms. The van der Waals surface area contributed by atoms with E-state index >= 15 is 0 Å². The van der Waals surface area contributed by atoms with Crippen LogP contribution in [0, 0.1) is 0 Å². The smallest absolute Gasteiger partial charge is 0.416 e. The fourth-order valence-corrected chi connectivity index (χ4v) is 2.93. The molecule has 2 aromatic carbocycles. The van der Waals surface area contributed by atoms with Crippen molar-refractivity contribution in [3.05, 3.63) is 53.7 Å². The third kappa shape index (κ3) is 4.24. The van der Waals surface area contributed by atoms with Gasteiger partial charge in [-0.3, -0.25) is 4.98 Å². The number of hydrogen-bond acceptors (Lipinski definition) is 6. The molecule has 0 aliphatic heterocycles. The van der Waals surface area contributed by atoms with E-state index in [1.165, 1.54) is 26.5 Å². The van der Waals surface area contributed by atoms with Crippen LogP contribution in [0.15, 0.2) is 42.6 Å². The molecule has 0 aliphatic rings. The molecule has 0 amide bonds. The Balaban J connectivity index is 2.20. The van der Waals surface area contributed by atoms with E-state index in [1.54, 1.807) is 25.1 Å². The van der Waals surface area contributed by atoms with Crippen molar-refractivity contribution in [2.45, 2.75) is 13.1 Å². The molecule has 6 nitrogen and oxygen atoms in total. The van der Waals surface area contributed by atoms with Crippen molar-refractivity contribution in [2.75, 3.05) is 26.1 Å². The zero-order valence-electron chi connectivity index (χ0n) is 16.5. The number of pyridine rings is 1. The molecule has 0 spiro atoms. The van der Waals surface area contributed by atoms with E-state index in [2.05, 4.69) is 10.3 Å². The van der Waals surface area contributed by atoms with Gasteiger partial charge in [-0.25, -0.2) is 4.79 Å². The Morgan fingerprint density at radius 2 is 1.80 bits per heavy atom. The Kier molecular flexibility index (Phi) is 6.00. The third-order valence-electron chi connectivity index (χ3n) is 4.34. The van der Waals surface area contributed by atoms with Crippen LogP contribution in [0.5, 0.6) is 11.5 Å². The van der Waals surface area contributed by atoms with E-state index in [0.717, 1.165) is 12.1 Å². The molecule has 0 radical (unpaired) electrons. The van der Waals surface area contributed by atoms with Crippen LogP contribution in [0.4, 0.5) is 24.5 Å². The summed E-state index contributed by atoms with van der Waals surface area (Å²) in [6.45, 7) is 1.74. The lowest BCUT2D eigenvalue weighted by molar-refractivity contribution is -0.137. The summed E-state index contributed by atoms with van der Waals surface area (Å²) >= 11 is 0. The minimum atomic E-state index is -4.55. The number of nitrogens with one attached hydrogen (secondary N) is 1. The number of hydrogen-bond donors (Lipinski definition) is 1. The van der Waals surface area contributed by atoms with E-state index in [-0.39, 0.29) is 23.2 Å². The molecule has 158 valence electrons. The lowest BCUT2D eigenvalue weighted by Gasteiger charge is -2.16. The van der Waals surface area contributed by atoms with Crippen LogP contribution in [0.25, 0.3) is 10.9 Å². The first kappa shape index (κ1) is 21.2. The molecule has 0 unspecified atom stereocenters. The Labute approximate surface area is 170 Å². The second kappa shape index (κ2) is 8.48. The first-order chi connectivity index (χ1) is 14.3. The maximum absolute atomic E-state index is 13.3. The first-order valence-electron chi connectivity index (χ1n) is 8.94. The minimum absolute atomic E-state index is 0.0125. The number of nitrogens with zero attached hydrogens (tertiary/aromatic N) is 1. The third-order valence-corrected chi connectivity index (χ3v) is 4.34. The minimum Gasteiger partial charge on any atom is -0.493 e. The van der Waals surface area contributed by atoms with Crippen LogP contribution >= 0.6 is 0 Å². The number of carbonyl (C=O) groups excluding carboxylic acids is 1. The summed E-state index contributed by atoms with van der Waals surface area (Å²) in [7, 11) is 2.95. The number of methoxy groups -OCH3 is 2. The molecule has 0 bridgehead atoms. The summed E-state index contributed by atoms with van der Waals surface area (Å²) in [5.41, 5.74) is 0.0746. The molecule has 0 saturated carbocycles. The average molecular weight is 420 g/mol. The van der Waals surface area contributed by atoms with Gasteiger partial charge in [0, 0.05) is 23.3 Å². The molecule has 0 aliphatic carbocycles. The number of carbonyl (C=O) groups is 1. The monoisotopic (exact) mass is 420 g/mol. The van der Waals surface area contributed by atoms with Crippen molar-refractivity contribution in [3.63, 3.8) is 0 Å². The van der Waals surface area contributed by atoms with Gasteiger partial charge in [0.1, 0.15) is 5.56 Å². The molecule has 1 heterocycles. The molecule has 0 saturated heterocycles. The maximum Gasteiger partial charge on any atom is 0.416 e. The van der Waals surface area contributed by atoms with Gasteiger partial charge in [0.15, 0.2) is 11.5 Å². The number of fused-ring (bicyclic) bond motifs is 1. The summed E-state index contributed by atoms with van der Waals surface area (Å²) in [4.78, 5) is 16.6. The van der Waals surface area contributed by atoms with Gasteiger partial charge >= 0.3 is 12.1 Å². The van der Waals surface area contributed by atoms with E-state index in [1.807, 2.05) is 0 Å². The number of aromatic nitrogens is 1. The van der Waals surface area contributed by atoms with Crippen molar-refractivity contribution in [2.24, 2.45) is 0 Å². The van der Waals surface area contributed by atoms with Crippen molar-refractivity contribution >= 4 is 28.2 Å². The van der Waals surface area contributed by atoms with Gasteiger partial charge in [-0.05, 0) is 37.3 Å².